The predicted octanol–water partition coefficient (Wildman–Crippen LogP) is 10.9. The Morgan fingerprint density at radius 3 is 1.95 bits per heavy atom. The molecule has 0 amide bonds. The van der Waals surface area contributed by atoms with Crippen LogP contribution in [0.2, 0.25) is 0 Å². The van der Waals surface area contributed by atoms with Crippen molar-refractivity contribution in [3.8, 4) is 11.4 Å². The lowest BCUT2D eigenvalue weighted by Crippen LogP contribution is -1.98. The molecule has 0 saturated heterocycles. The summed E-state index contributed by atoms with van der Waals surface area (Å²) >= 11 is 0. The molecule has 0 saturated carbocycles. The van der Waals surface area contributed by atoms with Crippen LogP contribution in [-0.4, -0.2) is 9.13 Å². The highest BCUT2D eigenvalue weighted by molar-refractivity contribution is 6.28. The average molecular weight is 549 g/mol. The minimum atomic E-state index is 0.903. The van der Waals surface area contributed by atoms with Crippen LogP contribution in [0.25, 0.3) is 87.7 Å². The Morgan fingerprint density at radius 1 is 0.372 bits per heavy atom. The summed E-state index contributed by atoms with van der Waals surface area (Å²) in [7, 11) is 0. The molecule has 0 aliphatic heterocycles. The molecule has 7 aromatic carbocycles. The van der Waals surface area contributed by atoms with E-state index in [1.807, 2.05) is 12.1 Å². The van der Waals surface area contributed by atoms with Gasteiger partial charge >= 0.3 is 0 Å². The van der Waals surface area contributed by atoms with Crippen molar-refractivity contribution in [3.05, 3.63) is 146 Å². The van der Waals surface area contributed by atoms with E-state index in [1.54, 1.807) is 0 Å². The van der Waals surface area contributed by atoms with Crippen molar-refractivity contribution in [1.82, 2.24) is 9.13 Å². The van der Waals surface area contributed by atoms with Crippen LogP contribution in [0.15, 0.2) is 150 Å². The molecule has 10 rings (SSSR count). The Kier molecular flexibility index (Phi) is 4.45. The number of aromatic nitrogens is 2. The zero-order chi connectivity index (χ0) is 28.1. The molecule has 0 aliphatic carbocycles. The van der Waals surface area contributed by atoms with Crippen LogP contribution in [0.4, 0.5) is 0 Å². The van der Waals surface area contributed by atoms with Gasteiger partial charge in [0.15, 0.2) is 0 Å². The summed E-state index contributed by atoms with van der Waals surface area (Å²) in [4.78, 5) is 0. The predicted molar refractivity (Wildman–Crippen MR) is 180 cm³/mol. The Bertz CT molecular complexity index is 2720. The fourth-order valence-corrected chi connectivity index (χ4v) is 7.28. The van der Waals surface area contributed by atoms with Crippen molar-refractivity contribution in [2.75, 3.05) is 0 Å². The minimum Gasteiger partial charge on any atom is -0.456 e. The summed E-state index contributed by atoms with van der Waals surface area (Å²) in [5.74, 6) is 0. The summed E-state index contributed by atoms with van der Waals surface area (Å²) in [5.41, 5.74) is 8.90. The largest absolute Gasteiger partial charge is 0.456 e. The molecule has 0 atom stereocenters. The molecule has 0 spiro atoms. The zero-order valence-corrected chi connectivity index (χ0v) is 23.2. The smallest absolute Gasteiger partial charge is 0.135 e. The van der Waals surface area contributed by atoms with Crippen molar-refractivity contribution in [1.29, 1.82) is 0 Å². The Balaban J connectivity index is 1.45. The highest BCUT2D eigenvalue weighted by Gasteiger charge is 2.22. The first-order chi connectivity index (χ1) is 21.3. The van der Waals surface area contributed by atoms with Gasteiger partial charge in [0, 0.05) is 43.7 Å². The SMILES string of the molecule is c1ccc(-n2c3ccc4ccccc4c3c3ccc4c5ccccc5n(-c5ccc6oc7ccccc7c6c5)c4c32)cc1. The summed E-state index contributed by atoms with van der Waals surface area (Å²) < 4.78 is 11.1. The molecule has 43 heavy (non-hydrogen) atoms. The second-order valence-electron chi connectivity index (χ2n) is 11.3. The number of para-hydroxylation sites is 3. The normalized spacial score (nSPS) is 12.2. The second-order valence-corrected chi connectivity index (χ2v) is 11.3. The van der Waals surface area contributed by atoms with E-state index in [9.17, 15) is 0 Å². The van der Waals surface area contributed by atoms with Gasteiger partial charge in [-0.15, -0.1) is 0 Å². The van der Waals surface area contributed by atoms with Gasteiger partial charge in [-0.05, 0) is 59.3 Å². The molecule has 0 fully saturated rings. The monoisotopic (exact) mass is 548 g/mol. The third-order valence-electron chi connectivity index (χ3n) is 9.08. The summed E-state index contributed by atoms with van der Waals surface area (Å²) in [5, 5.41) is 9.80. The first-order valence-corrected chi connectivity index (χ1v) is 14.7. The van der Waals surface area contributed by atoms with E-state index in [0.717, 1.165) is 33.3 Å². The van der Waals surface area contributed by atoms with Crippen LogP contribution in [0.3, 0.4) is 0 Å². The van der Waals surface area contributed by atoms with Gasteiger partial charge in [0.05, 0.1) is 22.1 Å². The molecule has 10 aromatic rings. The molecule has 3 heteroatoms. The molecule has 0 aliphatic rings. The number of furan rings is 1. The van der Waals surface area contributed by atoms with Crippen LogP contribution in [0.5, 0.6) is 0 Å². The Hall–Kier alpha value is -5.80. The van der Waals surface area contributed by atoms with E-state index < -0.39 is 0 Å². The fourth-order valence-electron chi connectivity index (χ4n) is 7.28. The molecule has 3 heterocycles. The van der Waals surface area contributed by atoms with E-state index in [2.05, 4.69) is 143 Å². The average Bonchev–Trinajstić information content (AvgIpc) is 3.72. The fraction of sp³-hybridized carbons (Fsp3) is 0. The van der Waals surface area contributed by atoms with E-state index in [1.165, 1.54) is 54.4 Å². The Morgan fingerprint density at radius 2 is 1.05 bits per heavy atom. The van der Waals surface area contributed by atoms with Gasteiger partial charge in [-0.1, -0.05) is 97.1 Å². The van der Waals surface area contributed by atoms with Crippen LogP contribution in [-0.2, 0) is 0 Å². The number of hydrogen-bond acceptors (Lipinski definition) is 1. The van der Waals surface area contributed by atoms with Crippen molar-refractivity contribution < 1.29 is 4.42 Å². The number of hydrogen-bond donors (Lipinski definition) is 0. The molecule has 0 N–H and O–H groups in total. The molecule has 0 bridgehead atoms. The van der Waals surface area contributed by atoms with Gasteiger partial charge in [-0.3, -0.25) is 0 Å². The summed E-state index contributed by atoms with van der Waals surface area (Å²) in [6, 6.07) is 52.3. The number of nitrogens with zero attached hydrogens (tertiary/aromatic N) is 2. The third-order valence-corrected chi connectivity index (χ3v) is 9.08. The van der Waals surface area contributed by atoms with Crippen LogP contribution >= 0.6 is 0 Å². The van der Waals surface area contributed by atoms with Gasteiger partial charge in [-0.25, -0.2) is 0 Å². The van der Waals surface area contributed by atoms with E-state index in [-0.39, 0.29) is 0 Å². The van der Waals surface area contributed by atoms with Gasteiger partial charge in [0.2, 0.25) is 0 Å². The van der Waals surface area contributed by atoms with Crippen LogP contribution in [0, 0.1) is 0 Å². The first-order valence-electron chi connectivity index (χ1n) is 14.7. The molecular weight excluding hydrogens is 524 g/mol. The lowest BCUT2D eigenvalue weighted by Gasteiger charge is -2.12. The zero-order valence-electron chi connectivity index (χ0n) is 23.2. The second kappa shape index (κ2) is 8.37. The number of benzene rings is 7. The Labute approximate surface area is 246 Å². The molecule has 0 radical (unpaired) electrons. The van der Waals surface area contributed by atoms with E-state index in [4.69, 9.17) is 4.42 Å². The van der Waals surface area contributed by atoms with Crippen molar-refractivity contribution in [3.63, 3.8) is 0 Å². The standard InChI is InChI=1S/C40H24N2O/c1-2-11-26(12-3-1)41-35-22-18-25-10-4-5-13-28(25)38(35)32-21-20-31-29-14-6-8-16-34(29)42(39(31)40(32)41)27-19-23-37-33(24-27)30-15-7-9-17-36(30)43-37/h1-24H. The summed E-state index contributed by atoms with van der Waals surface area (Å²) in [6.07, 6.45) is 0. The number of fused-ring (bicyclic) bond motifs is 12. The quantitative estimate of drug-likeness (QED) is 0.211. The molecule has 0 unspecified atom stereocenters. The van der Waals surface area contributed by atoms with Crippen molar-refractivity contribution in [2.24, 2.45) is 0 Å². The highest BCUT2D eigenvalue weighted by Crippen LogP contribution is 2.44. The molecule has 3 aromatic heterocycles. The molecule has 200 valence electrons. The maximum absolute atomic E-state index is 6.21. The van der Waals surface area contributed by atoms with Crippen LogP contribution < -0.4 is 0 Å². The van der Waals surface area contributed by atoms with Gasteiger partial charge < -0.3 is 13.6 Å². The topological polar surface area (TPSA) is 23.0 Å². The van der Waals surface area contributed by atoms with Gasteiger partial charge in [0.1, 0.15) is 11.2 Å². The van der Waals surface area contributed by atoms with Crippen molar-refractivity contribution in [2.45, 2.75) is 0 Å². The van der Waals surface area contributed by atoms with Gasteiger partial charge in [-0.2, -0.15) is 0 Å². The molecule has 3 nitrogen and oxygen atoms in total. The maximum atomic E-state index is 6.21. The lowest BCUT2D eigenvalue weighted by molar-refractivity contribution is 0.669. The number of rotatable bonds is 2. The molecular formula is C40H24N2O. The van der Waals surface area contributed by atoms with E-state index >= 15 is 0 Å². The van der Waals surface area contributed by atoms with E-state index in [0.29, 0.717) is 0 Å². The highest BCUT2D eigenvalue weighted by atomic mass is 16.3. The lowest BCUT2D eigenvalue weighted by atomic mass is 10.0. The first kappa shape index (κ1) is 22.8. The van der Waals surface area contributed by atoms with Crippen molar-refractivity contribution >= 4 is 76.3 Å². The maximum Gasteiger partial charge on any atom is 0.135 e. The third kappa shape index (κ3) is 3.03. The van der Waals surface area contributed by atoms with Crippen LogP contribution in [0.1, 0.15) is 0 Å². The summed E-state index contributed by atoms with van der Waals surface area (Å²) in [6.45, 7) is 0. The minimum absolute atomic E-state index is 0.903. The van der Waals surface area contributed by atoms with Gasteiger partial charge in [0.25, 0.3) is 0 Å².